The number of hydrogen-bond acceptors (Lipinski definition) is 3. The summed E-state index contributed by atoms with van der Waals surface area (Å²) in [5.74, 6) is -0.456. The molecule has 0 unspecified atom stereocenters. The number of thiophene rings is 1. The number of rotatable bonds is 6. The van der Waals surface area contributed by atoms with Gasteiger partial charge in [0.25, 0.3) is 5.91 Å². The van der Waals surface area contributed by atoms with Crippen LogP contribution in [0.3, 0.4) is 0 Å². The zero-order chi connectivity index (χ0) is 17.8. The third-order valence-electron chi connectivity index (χ3n) is 4.19. The minimum atomic E-state index is -0.290. The van der Waals surface area contributed by atoms with Gasteiger partial charge in [-0.1, -0.05) is 26.0 Å². The number of halogens is 1. The maximum Gasteiger partial charge on any atom is 0.265 e. The van der Waals surface area contributed by atoms with Crippen molar-refractivity contribution in [2.75, 3.05) is 18.4 Å². The molecule has 0 spiro atoms. The van der Waals surface area contributed by atoms with Gasteiger partial charge in [0.2, 0.25) is 0 Å². The van der Waals surface area contributed by atoms with E-state index < -0.39 is 0 Å². The molecule has 25 heavy (non-hydrogen) atoms. The highest BCUT2D eigenvalue weighted by molar-refractivity contribution is 7.20. The number of fused-ring (bicyclic) bond motifs is 1. The van der Waals surface area contributed by atoms with E-state index in [4.69, 9.17) is 0 Å². The van der Waals surface area contributed by atoms with Crippen LogP contribution in [0.15, 0.2) is 48.5 Å². The van der Waals surface area contributed by atoms with Crippen LogP contribution in [0.4, 0.5) is 10.1 Å². The van der Waals surface area contributed by atoms with Gasteiger partial charge in [-0.25, -0.2) is 4.39 Å². The second-order valence-electron chi connectivity index (χ2n) is 5.91. The molecule has 1 heterocycles. The molecule has 0 radical (unpaired) electrons. The lowest BCUT2D eigenvalue weighted by molar-refractivity contribution is 0.103. The average Bonchev–Trinajstić information content (AvgIpc) is 3.03. The molecule has 5 heteroatoms. The highest BCUT2D eigenvalue weighted by Crippen LogP contribution is 2.27. The van der Waals surface area contributed by atoms with Gasteiger partial charge in [0.05, 0.1) is 4.88 Å². The van der Waals surface area contributed by atoms with E-state index in [-0.39, 0.29) is 11.7 Å². The van der Waals surface area contributed by atoms with Crippen LogP contribution < -0.4 is 5.32 Å². The highest BCUT2D eigenvalue weighted by atomic mass is 32.1. The summed E-state index contributed by atoms with van der Waals surface area (Å²) in [6.45, 7) is 7.12. The topological polar surface area (TPSA) is 32.3 Å². The number of amides is 1. The predicted molar refractivity (Wildman–Crippen MR) is 103 cm³/mol. The predicted octanol–water partition coefficient (Wildman–Crippen LogP) is 5.13. The van der Waals surface area contributed by atoms with Crippen molar-refractivity contribution in [2.45, 2.75) is 20.4 Å². The Hall–Kier alpha value is -2.24. The third kappa shape index (κ3) is 4.24. The minimum Gasteiger partial charge on any atom is -0.321 e. The zero-order valence-electron chi connectivity index (χ0n) is 14.4. The molecular formula is C20H21FN2OS. The van der Waals surface area contributed by atoms with E-state index in [2.05, 4.69) is 30.1 Å². The molecule has 0 saturated heterocycles. The first-order valence-electron chi connectivity index (χ1n) is 8.40. The number of nitrogens with zero attached hydrogens (tertiary/aromatic N) is 1. The van der Waals surface area contributed by atoms with E-state index >= 15 is 0 Å². The molecule has 0 saturated carbocycles. The van der Waals surface area contributed by atoms with Crippen LogP contribution >= 0.6 is 11.3 Å². The van der Waals surface area contributed by atoms with Gasteiger partial charge in [-0.15, -0.1) is 11.3 Å². The molecule has 1 amide bonds. The zero-order valence-corrected chi connectivity index (χ0v) is 15.2. The van der Waals surface area contributed by atoms with Crippen molar-refractivity contribution >= 4 is 33.0 Å². The van der Waals surface area contributed by atoms with Crippen LogP contribution in [0.25, 0.3) is 10.1 Å². The van der Waals surface area contributed by atoms with Gasteiger partial charge in [-0.05, 0) is 60.4 Å². The number of carbonyl (C=O) groups is 1. The van der Waals surface area contributed by atoms with E-state index in [1.54, 1.807) is 12.1 Å². The third-order valence-corrected chi connectivity index (χ3v) is 5.30. The summed E-state index contributed by atoms with van der Waals surface area (Å²) in [5, 5.41) is 3.70. The summed E-state index contributed by atoms with van der Waals surface area (Å²) in [5.41, 5.74) is 1.94. The number of nitrogens with one attached hydrogen (secondary N) is 1. The molecule has 3 nitrogen and oxygen atoms in total. The first kappa shape index (κ1) is 17.6. The number of benzene rings is 2. The van der Waals surface area contributed by atoms with Gasteiger partial charge in [0, 0.05) is 16.9 Å². The first-order valence-corrected chi connectivity index (χ1v) is 9.22. The van der Waals surface area contributed by atoms with Gasteiger partial charge in [-0.2, -0.15) is 0 Å². The molecule has 0 fully saturated rings. The maximum absolute atomic E-state index is 13.3. The number of anilines is 1. The fraction of sp³-hybridized carbons (Fsp3) is 0.250. The summed E-state index contributed by atoms with van der Waals surface area (Å²) < 4.78 is 14.2. The van der Waals surface area contributed by atoms with Crippen molar-refractivity contribution in [1.82, 2.24) is 4.90 Å². The molecule has 0 atom stereocenters. The van der Waals surface area contributed by atoms with Crippen LogP contribution in [-0.2, 0) is 6.54 Å². The van der Waals surface area contributed by atoms with Crippen molar-refractivity contribution in [3.8, 4) is 0 Å². The molecule has 0 aliphatic carbocycles. The number of hydrogen-bond donors (Lipinski definition) is 1. The van der Waals surface area contributed by atoms with Crippen LogP contribution in [-0.4, -0.2) is 23.9 Å². The number of carbonyl (C=O) groups excluding carboxylic acids is 1. The van der Waals surface area contributed by atoms with Gasteiger partial charge in [0.1, 0.15) is 5.82 Å². The van der Waals surface area contributed by atoms with E-state index in [9.17, 15) is 9.18 Å². The largest absolute Gasteiger partial charge is 0.321 e. The fourth-order valence-electron chi connectivity index (χ4n) is 2.77. The maximum atomic E-state index is 13.3. The summed E-state index contributed by atoms with van der Waals surface area (Å²) >= 11 is 1.37. The van der Waals surface area contributed by atoms with Gasteiger partial charge >= 0.3 is 0 Å². The molecule has 0 aliphatic heterocycles. The lowest BCUT2D eigenvalue weighted by Gasteiger charge is -2.18. The van der Waals surface area contributed by atoms with Crippen molar-refractivity contribution in [3.05, 3.63) is 64.8 Å². The van der Waals surface area contributed by atoms with Gasteiger partial charge in [-0.3, -0.25) is 9.69 Å². The Bertz CT molecular complexity index is 886. The quantitative estimate of drug-likeness (QED) is 0.664. The second kappa shape index (κ2) is 7.76. The van der Waals surface area contributed by atoms with Crippen molar-refractivity contribution < 1.29 is 9.18 Å². The Labute approximate surface area is 151 Å². The standard InChI is InChI=1S/C20H21FN2OS/c1-3-23(4-2)13-14-6-5-7-17(10-14)22-20(24)19-12-15-11-16(21)8-9-18(15)25-19/h5-12H,3-4,13H2,1-2H3,(H,22,24). The molecule has 0 aliphatic rings. The smallest absolute Gasteiger partial charge is 0.265 e. The molecule has 3 rings (SSSR count). The van der Waals surface area contributed by atoms with E-state index in [0.29, 0.717) is 4.88 Å². The van der Waals surface area contributed by atoms with Crippen molar-refractivity contribution in [2.24, 2.45) is 0 Å². The Kier molecular flexibility index (Phi) is 5.46. The second-order valence-corrected chi connectivity index (χ2v) is 6.99. The average molecular weight is 356 g/mol. The summed E-state index contributed by atoms with van der Waals surface area (Å²) in [4.78, 5) is 15.4. The normalized spacial score (nSPS) is 11.2. The summed E-state index contributed by atoms with van der Waals surface area (Å²) in [7, 11) is 0. The monoisotopic (exact) mass is 356 g/mol. The van der Waals surface area contributed by atoms with Crippen LogP contribution in [0, 0.1) is 5.82 Å². The first-order chi connectivity index (χ1) is 12.1. The molecular weight excluding hydrogens is 335 g/mol. The Morgan fingerprint density at radius 1 is 1.12 bits per heavy atom. The SMILES string of the molecule is CCN(CC)Cc1cccc(NC(=O)c2cc3cc(F)ccc3s2)c1. The van der Waals surface area contributed by atoms with E-state index in [1.165, 1.54) is 29.0 Å². The lowest BCUT2D eigenvalue weighted by atomic mass is 10.2. The highest BCUT2D eigenvalue weighted by Gasteiger charge is 2.11. The van der Waals surface area contributed by atoms with Crippen LogP contribution in [0.1, 0.15) is 29.1 Å². The van der Waals surface area contributed by atoms with Crippen LogP contribution in [0.2, 0.25) is 0 Å². The van der Waals surface area contributed by atoms with Gasteiger partial charge < -0.3 is 5.32 Å². The minimum absolute atomic E-state index is 0.165. The fourth-order valence-corrected chi connectivity index (χ4v) is 3.71. The van der Waals surface area contributed by atoms with Crippen LogP contribution in [0.5, 0.6) is 0 Å². The molecule has 0 bridgehead atoms. The molecule has 2 aromatic carbocycles. The van der Waals surface area contributed by atoms with Gasteiger partial charge in [0.15, 0.2) is 0 Å². The van der Waals surface area contributed by atoms with Crippen molar-refractivity contribution in [1.29, 1.82) is 0 Å². The Morgan fingerprint density at radius 2 is 1.92 bits per heavy atom. The molecule has 1 aromatic heterocycles. The van der Waals surface area contributed by atoms with E-state index in [0.717, 1.165) is 35.4 Å². The Morgan fingerprint density at radius 3 is 2.68 bits per heavy atom. The summed E-state index contributed by atoms with van der Waals surface area (Å²) in [6, 6.07) is 14.2. The van der Waals surface area contributed by atoms with Crippen molar-refractivity contribution in [3.63, 3.8) is 0 Å². The Balaban J connectivity index is 1.75. The lowest BCUT2D eigenvalue weighted by Crippen LogP contribution is -2.22. The van der Waals surface area contributed by atoms with E-state index in [1.807, 2.05) is 18.2 Å². The molecule has 130 valence electrons. The molecule has 1 N–H and O–H groups in total. The summed E-state index contributed by atoms with van der Waals surface area (Å²) in [6.07, 6.45) is 0. The molecule has 3 aromatic rings.